The maximum absolute atomic E-state index is 13.2. The van der Waals surface area contributed by atoms with Gasteiger partial charge in [0.05, 0.1) is 9.82 Å². The molecule has 0 saturated carbocycles. The molecule has 5 aromatic carbocycles. The van der Waals surface area contributed by atoms with Crippen LogP contribution >= 0.6 is 23.4 Å². The molecule has 14 heteroatoms. The number of nitro groups is 1. The molecular formula is C42H38ClN5O6S2. The summed E-state index contributed by atoms with van der Waals surface area (Å²) in [5.41, 5.74) is 5.02. The molecule has 3 N–H and O–H groups in total. The summed E-state index contributed by atoms with van der Waals surface area (Å²) in [6.07, 6.45) is 0. The number of hydrogen-bond donors (Lipinski definition) is 3. The van der Waals surface area contributed by atoms with Crippen LogP contribution in [0.1, 0.15) is 16.1 Å². The first-order valence-electron chi connectivity index (χ1n) is 17.9. The van der Waals surface area contributed by atoms with E-state index in [2.05, 4.69) is 19.8 Å². The lowest BCUT2D eigenvalue weighted by molar-refractivity contribution is -0.384. The number of anilines is 4. The lowest BCUT2D eigenvalue weighted by Gasteiger charge is -2.37. The number of furan rings is 1. The van der Waals surface area contributed by atoms with Crippen LogP contribution in [-0.4, -0.2) is 58.7 Å². The van der Waals surface area contributed by atoms with Crippen molar-refractivity contribution in [3.05, 3.63) is 148 Å². The van der Waals surface area contributed by atoms with Gasteiger partial charge in [-0.1, -0.05) is 41.9 Å². The van der Waals surface area contributed by atoms with Crippen LogP contribution in [0.25, 0.3) is 22.5 Å². The molecule has 1 aliphatic rings. The summed E-state index contributed by atoms with van der Waals surface area (Å²) in [5.74, 6) is 0.493. The minimum absolute atomic E-state index is 0.132. The third kappa shape index (κ3) is 8.86. The zero-order valence-electron chi connectivity index (χ0n) is 30.3. The molecule has 1 saturated heterocycles. The maximum Gasteiger partial charge on any atom is 0.339 e. The molecular weight excluding hydrogens is 770 g/mol. The van der Waals surface area contributed by atoms with E-state index >= 15 is 0 Å². The Morgan fingerprint density at radius 3 is 2.25 bits per heavy atom. The van der Waals surface area contributed by atoms with E-state index in [1.807, 2.05) is 91.0 Å². The van der Waals surface area contributed by atoms with Crippen LogP contribution in [-0.2, 0) is 11.0 Å². The average molecular weight is 808 g/mol. The standard InChI is InChI=1S/C42H38ClN5O6S2/c1-28-39(42(49)50)40(41(54-28)29-10-12-31(43)13-11-29)30-6-5-7-34(26-30)47-23-21-46(22-24-47)33-16-14-32(15-17-33)45-56(53)36-18-19-37(38(27-36)48(51)52)44-20-25-55-35-8-3-2-4-9-35/h2-19,26-27,44-45H,20-25H2,1H3,(H,49,50). The summed E-state index contributed by atoms with van der Waals surface area (Å²) >= 11 is 7.78. The molecule has 2 heterocycles. The number of benzene rings is 5. The number of aromatic carboxylic acids is 1. The zero-order chi connectivity index (χ0) is 39.2. The highest BCUT2D eigenvalue weighted by molar-refractivity contribution is 7.99. The van der Waals surface area contributed by atoms with Crippen molar-refractivity contribution in [3.8, 4) is 22.5 Å². The van der Waals surface area contributed by atoms with E-state index in [1.165, 1.54) is 6.07 Å². The van der Waals surface area contributed by atoms with E-state index in [1.54, 1.807) is 43.0 Å². The van der Waals surface area contributed by atoms with Crippen LogP contribution in [0.4, 0.5) is 28.4 Å². The van der Waals surface area contributed by atoms with Crippen LogP contribution < -0.4 is 19.8 Å². The summed E-state index contributed by atoms with van der Waals surface area (Å²) in [5, 5.41) is 25.7. The fraction of sp³-hybridized carbons (Fsp3) is 0.167. The number of aryl methyl sites for hydroxylation is 1. The minimum atomic E-state index is -1.72. The fourth-order valence-electron chi connectivity index (χ4n) is 6.67. The number of hydrogen-bond acceptors (Lipinski definition) is 9. The smallest absolute Gasteiger partial charge is 0.339 e. The first kappa shape index (κ1) is 38.5. The van der Waals surface area contributed by atoms with Crippen LogP contribution in [0.15, 0.2) is 136 Å². The summed E-state index contributed by atoms with van der Waals surface area (Å²) in [7, 11) is -1.72. The van der Waals surface area contributed by atoms with Crippen molar-refractivity contribution in [1.29, 1.82) is 0 Å². The lowest BCUT2D eigenvalue weighted by Crippen LogP contribution is -2.46. The largest absolute Gasteiger partial charge is 0.478 e. The highest BCUT2D eigenvalue weighted by atomic mass is 35.5. The molecule has 0 spiro atoms. The van der Waals surface area contributed by atoms with Crippen molar-refractivity contribution in [2.75, 3.05) is 58.3 Å². The van der Waals surface area contributed by atoms with Crippen molar-refractivity contribution in [3.63, 3.8) is 0 Å². The Morgan fingerprint density at radius 1 is 0.875 bits per heavy atom. The molecule has 0 amide bonds. The summed E-state index contributed by atoms with van der Waals surface area (Å²) in [6, 6.07) is 37.2. The average Bonchev–Trinajstić information content (AvgIpc) is 3.57. The van der Waals surface area contributed by atoms with Gasteiger partial charge in [0.25, 0.3) is 5.69 Å². The van der Waals surface area contributed by atoms with Crippen molar-refractivity contribution in [2.45, 2.75) is 16.7 Å². The lowest BCUT2D eigenvalue weighted by atomic mass is 9.96. The van der Waals surface area contributed by atoms with Gasteiger partial charge >= 0.3 is 5.97 Å². The van der Waals surface area contributed by atoms with Crippen molar-refractivity contribution < 1.29 is 23.5 Å². The summed E-state index contributed by atoms with van der Waals surface area (Å²) in [6.45, 7) is 5.17. The van der Waals surface area contributed by atoms with Gasteiger partial charge in [-0.05, 0) is 97.4 Å². The van der Waals surface area contributed by atoms with Crippen molar-refractivity contribution in [2.24, 2.45) is 0 Å². The Balaban J connectivity index is 0.968. The van der Waals surface area contributed by atoms with Crippen LogP contribution in [0.2, 0.25) is 5.02 Å². The first-order chi connectivity index (χ1) is 27.1. The molecule has 1 aliphatic heterocycles. The number of carbonyl (C=O) groups is 1. The highest BCUT2D eigenvalue weighted by Crippen LogP contribution is 2.41. The number of carboxylic acids is 1. The van der Waals surface area contributed by atoms with E-state index in [9.17, 15) is 24.2 Å². The molecule has 56 heavy (non-hydrogen) atoms. The second-order valence-electron chi connectivity index (χ2n) is 13.0. The maximum atomic E-state index is 13.2. The molecule has 286 valence electrons. The molecule has 11 nitrogen and oxygen atoms in total. The Kier molecular flexibility index (Phi) is 11.9. The highest BCUT2D eigenvalue weighted by Gasteiger charge is 2.26. The molecule has 0 aliphatic carbocycles. The molecule has 1 aromatic heterocycles. The quantitative estimate of drug-likeness (QED) is 0.0422. The van der Waals surface area contributed by atoms with Crippen LogP contribution in [0, 0.1) is 17.0 Å². The number of nitrogens with one attached hydrogen (secondary N) is 2. The van der Waals surface area contributed by atoms with Gasteiger partial charge in [-0.2, -0.15) is 0 Å². The molecule has 1 fully saturated rings. The monoisotopic (exact) mass is 807 g/mol. The van der Waals surface area contributed by atoms with Gasteiger partial charge in [0, 0.05) is 82.7 Å². The van der Waals surface area contributed by atoms with Gasteiger partial charge in [-0.3, -0.25) is 10.1 Å². The number of rotatable bonds is 14. The summed E-state index contributed by atoms with van der Waals surface area (Å²) in [4.78, 5) is 29.8. The van der Waals surface area contributed by atoms with Gasteiger partial charge < -0.3 is 29.4 Å². The molecule has 6 aromatic rings. The number of nitrogens with zero attached hydrogens (tertiary/aromatic N) is 3. The number of halogens is 1. The topological polar surface area (TPSA) is 141 Å². The van der Waals surface area contributed by atoms with Crippen LogP contribution in [0.3, 0.4) is 0 Å². The molecule has 1 atom stereocenters. The van der Waals surface area contributed by atoms with Gasteiger partial charge in [0.2, 0.25) is 0 Å². The van der Waals surface area contributed by atoms with Gasteiger partial charge in [-0.25, -0.2) is 9.00 Å². The van der Waals surface area contributed by atoms with E-state index in [4.69, 9.17) is 16.0 Å². The SMILES string of the molecule is Cc1oc(-c2ccc(Cl)cc2)c(-c2cccc(N3CCN(c4ccc(NS(=O)c5ccc(NCCSc6ccccc6)c([N+](=O)[O-])c5)cc4)CC3)c2)c1C(=O)O. The van der Waals surface area contributed by atoms with Crippen LogP contribution in [0.5, 0.6) is 0 Å². The molecule has 7 rings (SSSR count). The van der Waals surface area contributed by atoms with E-state index < -0.39 is 21.9 Å². The Hall–Kier alpha value is -5.76. The third-order valence-electron chi connectivity index (χ3n) is 9.44. The van der Waals surface area contributed by atoms with E-state index in [0.29, 0.717) is 44.9 Å². The Morgan fingerprint density at radius 2 is 1.57 bits per heavy atom. The Bertz CT molecular complexity index is 2370. The predicted molar refractivity (Wildman–Crippen MR) is 226 cm³/mol. The fourth-order valence-corrected chi connectivity index (χ4v) is 8.46. The van der Waals surface area contributed by atoms with Gasteiger partial charge in [0.1, 0.15) is 22.8 Å². The summed E-state index contributed by atoms with van der Waals surface area (Å²) < 4.78 is 22.3. The number of thioether (sulfide) groups is 1. The first-order valence-corrected chi connectivity index (χ1v) is 20.4. The minimum Gasteiger partial charge on any atom is -0.478 e. The molecule has 0 bridgehead atoms. The second-order valence-corrected chi connectivity index (χ2v) is 15.8. The third-order valence-corrected chi connectivity index (χ3v) is 11.8. The molecule has 1 unspecified atom stereocenters. The molecule has 0 radical (unpaired) electrons. The van der Waals surface area contributed by atoms with E-state index in [-0.39, 0.29) is 11.3 Å². The van der Waals surface area contributed by atoms with Gasteiger partial charge in [0.15, 0.2) is 11.0 Å². The van der Waals surface area contributed by atoms with Gasteiger partial charge in [-0.15, -0.1) is 11.8 Å². The number of nitro benzene ring substituents is 1. The van der Waals surface area contributed by atoms with E-state index in [0.717, 1.165) is 59.3 Å². The number of carboxylic acid groups (broad SMARTS) is 1. The predicted octanol–water partition coefficient (Wildman–Crippen LogP) is 9.85. The van der Waals surface area contributed by atoms with Crippen molar-refractivity contribution in [1.82, 2.24) is 0 Å². The zero-order valence-corrected chi connectivity index (χ0v) is 32.7. The number of piperazine rings is 1. The Labute approximate surface area is 336 Å². The second kappa shape index (κ2) is 17.4. The van der Waals surface area contributed by atoms with Crippen molar-refractivity contribution >= 4 is 68.8 Å². The normalized spacial score (nSPS) is 13.3.